The molecule has 0 aliphatic heterocycles. The van der Waals surface area contributed by atoms with Crippen LogP contribution >= 0.6 is 11.6 Å². The van der Waals surface area contributed by atoms with Gasteiger partial charge in [0.2, 0.25) is 11.7 Å². The van der Waals surface area contributed by atoms with E-state index < -0.39 is 0 Å². The molecule has 2 rings (SSSR count). The molecule has 0 aliphatic carbocycles. The average molecular weight is 296 g/mol. The van der Waals surface area contributed by atoms with Crippen LogP contribution in [0.3, 0.4) is 0 Å². The fraction of sp³-hybridized carbons (Fsp3) is 0.333. The summed E-state index contributed by atoms with van der Waals surface area (Å²) in [6, 6.07) is 7.04. The summed E-state index contributed by atoms with van der Waals surface area (Å²) in [7, 11) is 0. The van der Waals surface area contributed by atoms with E-state index in [1.807, 2.05) is 0 Å². The Labute approximate surface area is 120 Å². The van der Waals surface area contributed by atoms with E-state index in [-0.39, 0.29) is 19.1 Å². The predicted molar refractivity (Wildman–Crippen MR) is 73.0 cm³/mol. The van der Waals surface area contributed by atoms with Crippen molar-refractivity contribution in [2.45, 2.75) is 13.0 Å². The third-order valence-electron chi connectivity index (χ3n) is 2.50. The summed E-state index contributed by atoms with van der Waals surface area (Å²) in [5, 5.41) is 23.7. The number of carbonyl (C=O) groups excluding carboxylic acids is 1. The maximum atomic E-state index is 11.5. The minimum Gasteiger partial charge on any atom is -0.396 e. The van der Waals surface area contributed by atoms with Crippen molar-refractivity contribution in [1.29, 1.82) is 0 Å². The van der Waals surface area contributed by atoms with Crippen LogP contribution in [-0.2, 0) is 11.3 Å². The summed E-state index contributed by atoms with van der Waals surface area (Å²) in [5.74, 6) is 0.211. The first-order valence-electron chi connectivity index (χ1n) is 6.10. The highest BCUT2D eigenvalue weighted by atomic mass is 35.5. The van der Waals surface area contributed by atoms with E-state index in [0.717, 1.165) is 5.56 Å². The molecule has 0 radical (unpaired) electrons. The Morgan fingerprint density at radius 3 is 2.80 bits per heavy atom. The zero-order valence-electron chi connectivity index (χ0n) is 10.7. The molecule has 8 heteroatoms. The maximum absolute atomic E-state index is 11.5. The van der Waals surface area contributed by atoms with Crippen LogP contribution in [0, 0.1) is 0 Å². The molecule has 1 aromatic heterocycles. The molecule has 1 aromatic carbocycles. The summed E-state index contributed by atoms with van der Waals surface area (Å²) < 4.78 is 0. The van der Waals surface area contributed by atoms with Gasteiger partial charge in [0, 0.05) is 23.7 Å². The number of aliphatic hydroxyl groups is 1. The predicted octanol–water partition coefficient (Wildman–Crippen LogP) is 0.492. The number of carbonyl (C=O) groups is 1. The van der Waals surface area contributed by atoms with Crippen molar-refractivity contribution in [2.75, 3.05) is 13.2 Å². The molecule has 0 aliphatic rings. The molecule has 7 nitrogen and oxygen atoms in total. The van der Waals surface area contributed by atoms with Gasteiger partial charge < -0.3 is 10.4 Å². The standard InChI is InChI=1S/C12H14ClN5O2/c13-10-4-2-9(3-5-10)12-15-17-18(16-12)8-11(20)14-6-1-7-19/h2-5,19H,1,6-8H2,(H,14,20). The van der Waals surface area contributed by atoms with E-state index in [9.17, 15) is 4.79 Å². The molecule has 2 aromatic rings. The van der Waals surface area contributed by atoms with Crippen LogP contribution in [0.2, 0.25) is 5.02 Å². The van der Waals surface area contributed by atoms with E-state index in [1.165, 1.54) is 4.80 Å². The number of amides is 1. The first-order chi connectivity index (χ1) is 9.69. The van der Waals surface area contributed by atoms with Crippen molar-refractivity contribution in [3.8, 4) is 11.4 Å². The van der Waals surface area contributed by atoms with E-state index in [0.29, 0.717) is 23.8 Å². The quantitative estimate of drug-likeness (QED) is 0.757. The number of halogens is 1. The molecule has 0 atom stereocenters. The molecule has 0 saturated heterocycles. The monoisotopic (exact) mass is 295 g/mol. The summed E-state index contributed by atoms with van der Waals surface area (Å²) in [5.41, 5.74) is 0.779. The number of hydrogen-bond donors (Lipinski definition) is 2. The third kappa shape index (κ3) is 4.01. The lowest BCUT2D eigenvalue weighted by Crippen LogP contribution is -2.29. The summed E-state index contributed by atoms with van der Waals surface area (Å²) in [6.45, 7) is 0.461. The molecule has 0 bridgehead atoms. The summed E-state index contributed by atoms with van der Waals surface area (Å²) in [4.78, 5) is 12.8. The van der Waals surface area contributed by atoms with Gasteiger partial charge in [-0.1, -0.05) is 11.6 Å². The number of benzene rings is 1. The van der Waals surface area contributed by atoms with Gasteiger partial charge in [0.05, 0.1) is 0 Å². The molecule has 1 amide bonds. The lowest BCUT2D eigenvalue weighted by atomic mass is 10.2. The molecule has 106 valence electrons. The van der Waals surface area contributed by atoms with Crippen LogP contribution in [0.25, 0.3) is 11.4 Å². The zero-order valence-corrected chi connectivity index (χ0v) is 11.4. The second-order valence-electron chi connectivity index (χ2n) is 4.08. The van der Waals surface area contributed by atoms with Gasteiger partial charge >= 0.3 is 0 Å². The van der Waals surface area contributed by atoms with Crippen LogP contribution in [0.5, 0.6) is 0 Å². The van der Waals surface area contributed by atoms with Crippen LogP contribution in [0.1, 0.15) is 6.42 Å². The molecular weight excluding hydrogens is 282 g/mol. The third-order valence-corrected chi connectivity index (χ3v) is 2.75. The average Bonchev–Trinajstić information content (AvgIpc) is 2.88. The van der Waals surface area contributed by atoms with E-state index in [2.05, 4.69) is 20.7 Å². The Balaban J connectivity index is 1.95. The van der Waals surface area contributed by atoms with E-state index in [1.54, 1.807) is 24.3 Å². The number of nitrogens with one attached hydrogen (secondary N) is 1. The first-order valence-corrected chi connectivity index (χ1v) is 6.48. The number of tetrazole rings is 1. The molecule has 0 unspecified atom stereocenters. The van der Waals surface area contributed by atoms with Gasteiger partial charge in [-0.2, -0.15) is 4.80 Å². The second kappa shape index (κ2) is 6.97. The summed E-state index contributed by atoms with van der Waals surface area (Å²) in [6.07, 6.45) is 0.520. The van der Waals surface area contributed by atoms with Crippen molar-refractivity contribution in [3.63, 3.8) is 0 Å². The molecule has 0 saturated carbocycles. The van der Waals surface area contributed by atoms with E-state index >= 15 is 0 Å². The molecule has 20 heavy (non-hydrogen) atoms. The maximum Gasteiger partial charge on any atom is 0.243 e. The van der Waals surface area contributed by atoms with E-state index in [4.69, 9.17) is 16.7 Å². The number of aliphatic hydroxyl groups excluding tert-OH is 1. The minimum atomic E-state index is -0.224. The van der Waals surface area contributed by atoms with Gasteiger partial charge in [-0.15, -0.1) is 10.2 Å². The van der Waals surface area contributed by atoms with Crippen molar-refractivity contribution in [2.24, 2.45) is 0 Å². The van der Waals surface area contributed by atoms with Crippen molar-refractivity contribution < 1.29 is 9.90 Å². The van der Waals surface area contributed by atoms with Gasteiger partial charge in [0.15, 0.2) is 0 Å². The Bertz CT molecular complexity index is 569. The Morgan fingerprint density at radius 1 is 1.35 bits per heavy atom. The topological polar surface area (TPSA) is 92.9 Å². The number of aromatic nitrogens is 4. The number of nitrogens with zero attached hydrogens (tertiary/aromatic N) is 4. The number of rotatable bonds is 6. The largest absolute Gasteiger partial charge is 0.396 e. The minimum absolute atomic E-state index is 0.00792. The normalized spacial score (nSPS) is 10.5. The Morgan fingerprint density at radius 2 is 2.10 bits per heavy atom. The van der Waals surface area contributed by atoms with Crippen LogP contribution in [-0.4, -0.2) is 44.4 Å². The molecule has 0 spiro atoms. The lowest BCUT2D eigenvalue weighted by Gasteiger charge is -2.02. The SMILES string of the molecule is O=C(Cn1nnc(-c2ccc(Cl)cc2)n1)NCCCO. The number of hydrogen-bond acceptors (Lipinski definition) is 5. The highest BCUT2D eigenvalue weighted by molar-refractivity contribution is 6.30. The van der Waals surface area contributed by atoms with Crippen molar-refractivity contribution >= 4 is 17.5 Å². The highest BCUT2D eigenvalue weighted by Gasteiger charge is 2.08. The molecule has 0 fully saturated rings. The van der Waals surface area contributed by atoms with Gasteiger partial charge in [-0.25, -0.2) is 0 Å². The first kappa shape index (κ1) is 14.4. The van der Waals surface area contributed by atoms with Crippen LogP contribution in [0.15, 0.2) is 24.3 Å². The van der Waals surface area contributed by atoms with Gasteiger partial charge in [0.25, 0.3) is 0 Å². The fourth-order valence-electron chi connectivity index (χ4n) is 1.52. The lowest BCUT2D eigenvalue weighted by molar-refractivity contribution is -0.122. The van der Waals surface area contributed by atoms with Gasteiger partial charge in [0.1, 0.15) is 6.54 Å². The summed E-state index contributed by atoms with van der Waals surface area (Å²) >= 11 is 5.80. The van der Waals surface area contributed by atoms with Gasteiger partial charge in [-0.05, 0) is 35.9 Å². The molecular formula is C12H14ClN5O2. The highest BCUT2D eigenvalue weighted by Crippen LogP contribution is 2.16. The fourth-order valence-corrected chi connectivity index (χ4v) is 1.64. The van der Waals surface area contributed by atoms with Gasteiger partial charge in [-0.3, -0.25) is 4.79 Å². The van der Waals surface area contributed by atoms with Crippen LogP contribution < -0.4 is 5.32 Å². The van der Waals surface area contributed by atoms with Crippen molar-refractivity contribution in [3.05, 3.63) is 29.3 Å². The molecule has 1 heterocycles. The zero-order chi connectivity index (χ0) is 14.4. The van der Waals surface area contributed by atoms with Crippen molar-refractivity contribution in [1.82, 2.24) is 25.5 Å². The van der Waals surface area contributed by atoms with Crippen LogP contribution in [0.4, 0.5) is 0 Å². The Hall–Kier alpha value is -1.99. The smallest absolute Gasteiger partial charge is 0.243 e. The molecule has 2 N–H and O–H groups in total. The Kier molecular flexibility index (Phi) is 5.03. The second-order valence-corrected chi connectivity index (χ2v) is 4.51.